The Kier molecular flexibility index (Phi) is 1.65. The molecular weight excluding hydrogens is 66.8 g/mol. The van der Waals surface area contributed by atoms with Crippen molar-refractivity contribution in [2.75, 3.05) is 0 Å². The largest absolute Gasteiger partial charge is 0.482 e. The van der Waals surface area contributed by atoms with Gasteiger partial charge >= 0.3 is 0 Å². The molecule has 0 bridgehead atoms. The molecule has 0 atom stereocenters. The number of hydrogen-bond acceptors (Lipinski definition) is 1. The van der Waals surface area contributed by atoms with Gasteiger partial charge in [0, 0.05) is 6.32 Å². The highest BCUT2D eigenvalue weighted by atomic mass is 16.4. The van der Waals surface area contributed by atoms with Crippen LogP contribution < -0.4 is 0 Å². The maximum absolute atomic E-state index is 9.24. The first-order valence-electron chi connectivity index (χ1n) is 1.19. The second-order valence-corrected chi connectivity index (χ2v) is 0.598. The Morgan fingerprint density at radius 2 is 2.20 bits per heavy atom. The van der Waals surface area contributed by atoms with Gasteiger partial charge in [-0.05, 0) is 0 Å². The van der Waals surface area contributed by atoms with E-state index in [2.05, 4.69) is 7.85 Å². The van der Waals surface area contributed by atoms with Crippen molar-refractivity contribution in [2.24, 2.45) is 0 Å². The summed E-state index contributed by atoms with van der Waals surface area (Å²) >= 11 is 0. The smallest absolute Gasteiger partial charge is 0.294 e. The maximum Gasteiger partial charge on any atom is 0.294 e. The van der Waals surface area contributed by atoms with Gasteiger partial charge in [0.25, 0.3) is 5.97 Å². The van der Waals surface area contributed by atoms with Gasteiger partial charge in [-0.2, -0.15) is 0 Å². The Labute approximate surface area is 31.2 Å². The third kappa shape index (κ3) is 3.53. The van der Waals surface area contributed by atoms with Gasteiger partial charge in [-0.25, -0.2) is 0 Å². The summed E-state index contributed by atoms with van der Waals surface area (Å²) in [6, 6.07) is 0. The standard InChI is InChI=1S/C2H3BO2/c3-1-2(4)5/h1H2,(H,4,5). The zero-order valence-electron chi connectivity index (χ0n) is 2.64. The summed E-state index contributed by atoms with van der Waals surface area (Å²) in [7, 11) is 4.57. The molecule has 2 radical (unpaired) electrons. The second-order valence-electron chi connectivity index (χ2n) is 0.598. The van der Waals surface area contributed by atoms with E-state index in [1.807, 2.05) is 0 Å². The molecule has 0 saturated heterocycles. The van der Waals surface area contributed by atoms with E-state index < -0.39 is 5.97 Å². The van der Waals surface area contributed by atoms with Gasteiger partial charge in [-0.15, -0.1) is 0 Å². The number of aliphatic carboxylic acids is 1. The van der Waals surface area contributed by atoms with Crippen molar-refractivity contribution in [1.29, 1.82) is 0 Å². The minimum atomic E-state index is -0.968. The normalized spacial score (nSPS) is 7.20. The third-order valence-electron chi connectivity index (χ3n) is 0.175. The Bertz CT molecular complexity index is 42.9. The molecule has 0 aromatic carbocycles. The van der Waals surface area contributed by atoms with Crippen LogP contribution in [0.25, 0.3) is 0 Å². The van der Waals surface area contributed by atoms with Crippen LogP contribution in [-0.4, -0.2) is 18.9 Å². The molecule has 26 valence electrons. The van der Waals surface area contributed by atoms with Crippen molar-refractivity contribution in [2.45, 2.75) is 6.32 Å². The predicted molar refractivity (Wildman–Crippen MR) is 18.2 cm³/mol. The Morgan fingerprint density at radius 1 is 2.00 bits per heavy atom. The molecule has 2 nitrogen and oxygen atoms in total. The minimum absolute atomic E-state index is 0.278. The molecule has 0 unspecified atom stereocenters. The summed E-state index contributed by atoms with van der Waals surface area (Å²) in [5, 5.41) is 7.60. The molecule has 0 aliphatic carbocycles. The van der Waals surface area contributed by atoms with Crippen LogP contribution in [0.4, 0.5) is 0 Å². The van der Waals surface area contributed by atoms with E-state index in [-0.39, 0.29) is 6.32 Å². The third-order valence-corrected chi connectivity index (χ3v) is 0.175. The van der Waals surface area contributed by atoms with Gasteiger partial charge in [0.05, 0.1) is 7.85 Å². The van der Waals surface area contributed by atoms with Crippen molar-refractivity contribution < 1.29 is 9.90 Å². The topological polar surface area (TPSA) is 37.3 Å². The van der Waals surface area contributed by atoms with E-state index >= 15 is 0 Å². The van der Waals surface area contributed by atoms with E-state index in [0.29, 0.717) is 0 Å². The lowest BCUT2D eigenvalue weighted by Gasteiger charge is -1.71. The SMILES string of the molecule is [B]CC(=O)O. The Balaban J connectivity index is 2.85. The summed E-state index contributed by atoms with van der Waals surface area (Å²) in [6.45, 7) is 0. The first-order chi connectivity index (χ1) is 2.27. The number of hydrogen-bond donors (Lipinski definition) is 1. The molecule has 0 fully saturated rings. The van der Waals surface area contributed by atoms with Crippen LogP contribution in [-0.2, 0) is 4.79 Å². The van der Waals surface area contributed by atoms with Crippen LogP contribution in [0.2, 0.25) is 6.32 Å². The van der Waals surface area contributed by atoms with Gasteiger partial charge in [0.1, 0.15) is 0 Å². The quantitative estimate of drug-likeness (QED) is 0.428. The van der Waals surface area contributed by atoms with Crippen LogP contribution >= 0.6 is 0 Å². The molecule has 5 heavy (non-hydrogen) atoms. The van der Waals surface area contributed by atoms with Gasteiger partial charge in [0.2, 0.25) is 0 Å². The fraction of sp³-hybridized carbons (Fsp3) is 0.500. The van der Waals surface area contributed by atoms with E-state index in [1.54, 1.807) is 0 Å². The summed E-state index contributed by atoms with van der Waals surface area (Å²) in [5.74, 6) is -0.968. The number of carbonyl (C=O) groups is 1. The molecule has 0 spiro atoms. The second kappa shape index (κ2) is 1.82. The molecule has 0 heterocycles. The molecular formula is C2H3BO2. The highest BCUT2D eigenvalue weighted by Crippen LogP contribution is 1.63. The van der Waals surface area contributed by atoms with Crippen LogP contribution in [0.1, 0.15) is 0 Å². The Morgan fingerprint density at radius 3 is 2.20 bits per heavy atom. The fourth-order valence-electron chi connectivity index (χ4n) is 0. The zero-order chi connectivity index (χ0) is 4.28. The summed E-state index contributed by atoms with van der Waals surface area (Å²) in [4.78, 5) is 9.24. The molecule has 0 amide bonds. The average Bonchev–Trinajstić information content (AvgIpc) is 1.38. The lowest BCUT2D eigenvalue weighted by Crippen LogP contribution is -1.89. The molecule has 0 rings (SSSR count). The highest BCUT2D eigenvalue weighted by Gasteiger charge is 1.80. The van der Waals surface area contributed by atoms with E-state index in [4.69, 9.17) is 5.11 Å². The van der Waals surface area contributed by atoms with Crippen molar-refractivity contribution in [3.63, 3.8) is 0 Å². The Hall–Kier alpha value is -0.465. The van der Waals surface area contributed by atoms with E-state index in [1.165, 1.54) is 0 Å². The molecule has 0 aromatic heterocycles. The van der Waals surface area contributed by atoms with Gasteiger partial charge in [-0.3, -0.25) is 4.79 Å². The molecule has 3 heteroatoms. The molecule has 1 N–H and O–H groups in total. The zero-order valence-corrected chi connectivity index (χ0v) is 2.64. The summed E-state index contributed by atoms with van der Waals surface area (Å²) in [5.41, 5.74) is 0. The lowest BCUT2D eigenvalue weighted by atomic mass is 10.1. The minimum Gasteiger partial charge on any atom is -0.482 e. The van der Waals surface area contributed by atoms with Crippen molar-refractivity contribution in [1.82, 2.24) is 0 Å². The lowest BCUT2D eigenvalue weighted by molar-refractivity contribution is -0.134. The summed E-state index contributed by atoms with van der Waals surface area (Å²) in [6.07, 6.45) is -0.278. The number of carboxylic acids is 1. The molecule has 0 aromatic rings. The first-order valence-corrected chi connectivity index (χ1v) is 1.19. The molecule has 0 saturated carbocycles. The highest BCUT2D eigenvalue weighted by molar-refractivity contribution is 6.18. The van der Waals surface area contributed by atoms with Crippen LogP contribution in [0.5, 0.6) is 0 Å². The maximum atomic E-state index is 9.24. The molecule has 0 aliphatic rings. The van der Waals surface area contributed by atoms with Crippen LogP contribution in [0.3, 0.4) is 0 Å². The van der Waals surface area contributed by atoms with Crippen molar-refractivity contribution in [3.8, 4) is 0 Å². The van der Waals surface area contributed by atoms with Crippen LogP contribution in [0, 0.1) is 0 Å². The van der Waals surface area contributed by atoms with Gasteiger partial charge in [0.15, 0.2) is 0 Å². The number of carboxylic acid groups (broad SMARTS) is 1. The van der Waals surface area contributed by atoms with E-state index in [9.17, 15) is 4.79 Å². The fourth-order valence-corrected chi connectivity index (χ4v) is 0. The summed E-state index contributed by atoms with van der Waals surface area (Å²) < 4.78 is 0. The van der Waals surface area contributed by atoms with Crippen LogP contribution in [0.15, 0.2) is 0 Å². The van der Waals surface area contributed by atoms with Gasteiger partial charge < -0.3 is 5.11 Å². The molecule has 0 aliphatic heterocycles. The van der Waals surface area contributed by atoms with E-state index in [0.717, 1.165) is 0 Å². The van der Waals surface area contributed by atoms with Crippen molar-refractivity contribution >= 4 is 13.8 Å². The van der Waals surface area contributed by atoms with Gasteiger partial charge in [-0.1, -0.05) is 0 Å². The monoisotopic (exact) mass is 70.0 g/mol. The first kappa shape index (κ1) is 4.53. The predicted octanol–water partition coefficient (Wildman–Crippen LogP) is -0.342. The van der Waals surface area contributed by atoms with Crippen molar-refractivity contribution in [3.05, 3.63) is 0 Å². The number of rotatable bonds is 1. The average molecular weight is 69.9 g/mol.